The van der Waals surface area contributed by atoms with Gasteiger partial charge < -0.3 is 24.2 Å². The Morgan fingerprint density at radius 1 is 1.03 bits per heavy atom. The minimum absolute atomic E-state index is 0.0938. The van der Waals surface area contributed by atoms with E-state index in [0.29, 0.717) is 49.3 Å². The van der Waals surface area contributed by atoms with Crippen LogP contribution in [0.3, 0.4) is 0 Å². The van der Waals surface area contributed by atoms with Gasteiger partial charge in [0.15, 0.2) is 11.5 Å². The van der Waals surface area contributed by atoms with Crippen molar-refractivity contribution in [3.05, 3.63) is 23.3 Å². The van der Waals surface area contributed by atoms with E-state index in [2.05, 4.69) is 4.90 Å². The summed E-state index contributed by atoms with van der Waals surface area (Å²) in [5, 5.41) is 0. The van der Waals surface area contributed by atoms with E-state index in [-0.39, 0.29) is 24.4 Å². The van der Waals surface area contributed by atoms with Gasteiger partial charge in [-0.1, -0.05) is 6.42 Å². The van der Waals surface area contributed by atoms with Crippen LogP contribution < -0.4 is 9.47 Å². The minimum Gasteiger partial charge on any atom is -0.493 e. The quantitative estimate of drug-likeness (QED) is 0.498. The molecule has 3 saturated heterocycles. The van der Waals surface area contributed by atoms with E-state index in [0.717, 1.165) is 17.7 Å². The minimum atomic E-state index is -0.499. The van der Waals surface area contributed by atoms with Crippen molar-refractivity contribution in [2.45, 2.75) is 70.0 Å². The predicted octanol–water partition coefficient (Wildman–Crippen LogP) is 2.90. The Hall–Kier alpha value is -2.81. The van der Waals surface area contributed by atoms with Crippen LogP contribution in [0, 0.1) is 5.92 Å². The van der Waals surface area contributed by atoms with Crippen molar-refractivity contribution >= 4 is 17.8 Å². The molecule has 0 unspecified atom stereocenters. The van der Waals surface area contributed by atoms with Crippen LogP contribution in [0.1, 0.15) is 56.1 Å². The van der Waals surface area contributed by atoms with Gasteiger partial charge in [0.2, 0.25) is 5.91 Å². The Kier molecular flexibility index (Phi) is 7.60. The standard InChI is InChI=1S/C28H40N4O5/c1-29(17-19-8-6-12-30-11-5-4-9-22(19)30)26(33)10-7-13-31-27(34)23-14-20-15-24(36-2)25(37-3)16-21(20)18-32(23)28(31)35/h15-16,19,22-23H,4-14,17-18H2,1-3H3/t19-,22+,23-/m0/s1. The number of hydrogen-bond acceptors (Lipinski definition) is 6. The fourth-order valence-electron chi connectivity index (χ4n) is 6.79. The summed E-state index contributed by atoms with van der Waals surface area (Å²) in [6.07, 6.45) is 7.50. The molecule has 0 aromatic heterocycles. The maximum absolute atomic E-state index is 13.2. The predicted molar refractivity (Wildman–Crippen MR) is 138 cm³/mol. The Labute approximate surface area is 219 Å². The van der Waals surface area contributed by atoms with Gasteiger partial charge in [0.05, 0.1) is 14.2 Å². The van der Waals surface area contributed by atoms with Gasteiger partial charge >= 0.3 is 6.03 Å². The Morgan fingerprint density at radius 3 is 2.51 bits per heavy atom. The molecule has 4 amide bonds. The van der Waals surface area contributed by atoms with Gasteiger partial charge in [0.25, 0.3) is 5.91 Å². The van der Waals surface area contributed by atoms with E-state index >= 15 is 0 Å². The smallest absolute Gasteiger partial charge is 0.327 e. The molecule has 3 atom stereocenters. The summed E-state index contributed by atoms with van der Waals surface area (Å²) in [6.45, 7) is 3.82. The molecule has 4 aliphatic heterocycles. The summed E-state index contributed by atoms with van der Waals surface area (Å²) in [6, 6.07) is 3.63. The number of fused-ring (bicyclic) bond motifs is 3. The van der Waals surface area contributed by atoms with E-state index in [1.165, 1.54) is 50.1 Å². The van der Waals surface area contributed by atoms with Gasteiger partial charge in [-0.3, -0.25) is 14.5 Å². The molecular weight excluding hydrogens is 472 g/mol. The highest BCUT2D eigenvalue weighted by atomic mass is 16.5. The molecule has 1 aromatic rings. The zero-order valence-electron chi connectivity index (χ0n) is 22.4. The zero-order chi connectivity index (χ0) is 26.1. The van der Waals surface area contributed by atoms with Crippen molar-refractivity contribution in [3.8, 4) is 11.5 Å². The van der Waals surface area contributed by atoms with Crippen LogP contribution in [0.15, 0.2) is 12.1 Å². The number of rotatable bonds is 8. The third-order valence-electron chi connectivity index (χ3n) is 8.80. The second-order valence-electron chi connectivity index (χ2n) is 11.0. The summed E-state index contributed by atoms with van der Waals surface area (Å²) < 4.78 is 10.8. The Morgan fingerprint density at radius 2 is 1.76 bits per heavy atom. The topological polar surface area (TPSA) is 82.6 Å². The van der Waals surface area contributed by atoms with Crippen LogP contribution >= 0.6 is 0 Å². The average molecular weight is 513 g/mol. The number of methoxy groups -OCH3 is 2. The number of amides is 4. The first-order chi connectivity index (χ1) is 17.9. The molecular formula is C28H40N4O5. The van der Waals surface area contributed by atoms with Crippen LogP contribution in [0.4, 0.5) is 4.79 Å². The molecule has 9 nitrogen and oxygen atoms in total. The number of nitrogens with zero attached hydrogens (tertiary/aromatic N) is 4. The third-order valence-corrected chi connectivity index (χ3v) is 8.80. The Bertz CT molecular complexity index is 993. The first kappa shape index (κ1) is 25.8. The van der Waals surface area contributed by atoms with Gasteiger partial charge in [0, 0.05) is 45.6 Å². The maximum atomic E-state index is 13.2. The van der Waals surface area contributed by atoms with Crippen molar-refractivity contribution in [1.82, 2.24) is 19.6 Å². The lowest BCUT2D eigenvalue weighted by molar-refractivity contribution is -0.132. The van der Waals surface area contributed by atoms with Crippen molar-refractivity contribution in [2.75, 3.05) is 47.4 Å². The van der Waals surface area contributed by atoms with Crippen LogP contribution in [0.25, 0.3) is 0 Å². The molecule has 37 heavy (non-hydrogen) atoms. The highest BCUT2D eigenvalue weighted by molar-refractivity contribution is 6.04. The molecule has 1 aromatic carbocycles. The number of imide groups is 1. The molecule has 0 radical (unpaired) electrons. The fraction of sp³-hybridized carbons (Fsp3) is 0.679. The summed E-state index contributed by atoms with van der Waals surface area (Å²) in [5.41, 5.74) is 1.96. The van der Waals surface area contributed by atoms with E-state index in [1.807, 2.05) is 24.1 Å². The molecule has 4 aliphatic rings. The van der Waals surface area contributed by atoms with Crippen molar-refractivity contribution in [1.29, 1.82) is 0 Å². The van der Waals surface area contributed by atoms with Crippen LogP contribution in [0.5, 0.6) is 11.5 Å². The molecule has 5 rings (SSSR count). The molecule has 0 spiro atoms. The van der Waals surface area contributed by atoms with Gasteiger partial charge in [-0.25, -0.2) is 4.79 Å². The van der Waals surface area contributed by atoms with E-state index in [9.17, 15) is 14.4 Å². The summed E-state index contributed by atoms with van der Waals surface area (Å²) in [4.78, 5) is 46.7. The van der Waals surface area contributed by atoms with Crippen LogP contribution in [0.2, 0.25) is 0 Å². The van der Waals surface area contributed by atoms with Gasteiger partial charge in [-0.2, -0.15) is 0 Å². The lowest BCUT2D eigenvalue weighted by Gasteiger charge is -2.45. The van der Waals surface area contributed by atoms with Crippen molar-refractivity contribution in [2.24, 2.45) is 5.92 Å². The highest BCUT2D eigenvalue weighted by Crippen LogP contribution is 2.37. The van der Waals surface area contributed by atoms with Crippen molar-refractivity contribution in [3.63, 3.8) is 0 Å². The number of benzene rings is 1. The number of urea groups is 1. The molecule has 0 N–H and O–H groups in total. The molecule has 4 heterocycles. The number of ether oxygens (including phenoxy) is 2. The summed E-state index contributed by atoms with van der Waals surface area (Å²) in [5.74, 6) is 1.69. The normalized spacial score (nSPS) is 25.4. The number of hydrogen-bond donors (Lipinski definition) is 0. The molecule has 3 fully saturated rings. The largest absolute Gasteiger partial charge is 0.493 e. The number of carbonyl (C=O) groups is 3. The first-order valence-electron chi connectivity index (χ1n) is 13.7. The highest BCUT2D eigenvalue weighted by Gasteiger charge is 2.47. The fourth-order valence-corrected chi connectivity index (χ4v) is 6.79. The number of piperidine rings is 2. The van der Waals surface area contributed by atoms with Gasteiger partial charge in [-0.15, -0.1) is 0 Å². The lowest BCUT2D eigenvalue weighted by Crippen LogP contribution is -2.51. The molecule has 0 saturated carbocycles. The average Bonchev–Trinajstić information content (AvgIpc) is 3.15. The lowest BCUT2D eigenvalue weighted by atomic mass is 9.83. The zero-order valence-corrected chi connectivity index (χ0v) is 22.4. The second-order valence-corrected chi connectivity index (χ2v) is 11.0. The van der Waals surface area contributed by atoms with Crippen molar-refractivity contribution < 1.29 is 23.9 Å². The van der Waals surface area contributed by atoms with Crippen LogP contribution in [-0.2, 0) is 22.6 Å². The molecule has 202 valence electrons. The molecule has 9 heteroatoms. The second kappa shape index (κ2) is 10.9. The number of carbonyl (C=O) groups excluding carboxylic acids is 3. The van der Waals surface area contributed by atoms with E-state index in [1.54, 1.807) is 19.1 Å². The summed E-state index contributed by atoms with van der Waals surface area (Å²) >= 11 is 0. The third kappa shape index (κ3) is 5.02. The van der Waals surface area contributed by atoms with Gasteiger partial charge in [0.1, 0.15) is 6.04 Å². The molecule has 0 bridgehead atoms. The molecule has 0 aliphatic carbocycles. The van der Waals surface area contributed by atoms with Gasteiger partial charge in [-0.05, 0) is 74.4 Å². The maximum Gasteiger partial charge on any atom is 0.327 e. The first-order valence-corrected chi connectivity index (χ1v) is 13.7. The van der Waals surface area contributed by atoms with E-state index < -0.39 is 6.04 Å². The Balaban J connectivity index is 1.14. The monoisotopic (exact) mass is 512 g/mol. The van der Waals surface area contributed by atoms with E-state index in [4.69, 9.17) is 9.47 Å². The SMILES string of the molecule is COc1cc2c(cc1OC)CN1C(=O)N(CCCC(=O)N(C)C[C@@H]3CCCN4CCCC[C@H]34)C(=O)[C@@H]1C2. The summed E-state index contributed by atoms with van der Waals surface area (Å²) in [7, 11) is 5.07. The van der Waals surface area contributed by atoms with Crippen LogP contribution in [-0.4, -0.2) is 97.0 Å².